The average Bonchev–Trinajstić information content (AvgIpc) is 2.18. The second kappa shape index (κ2) is 4.62. The molecular weight excluding hydrogens is 180 g/mol. The van der Waals surface area contributed by atoms with E-state index < -0.39 is 0 Å². The van der Waals surface area contributed by atoms with Crippen LogP contribution < -0.4 is 0 Å². The lowest BCUT2D eigenvalue weighted by molar-refractivity contribution is -0.129. The highest BCUT2D eigenvalue weighted by Gasteiger charge is 2.01. The van der Waals surface area contributed by atoms with Crippen LogP contribution in [0.1, 0.15) is 12.5 Å². The monoisotopic (exact) mass is 189 g/mol. The van der Waals surface area contributed by atoms with Gasteiger partial charge in [-0.25, -0.2) is 4.79 Å². The number of carbonyl (C=O) groups excluding carboxylic acids is 1. The molecule has 2 nitrogen and oxygen atoms in total. The molecule has 0 aromatic heterocycles. The number of hydrogen-bond donors (Lipinski definition) is 0. The largest absolute Gasteiger partial charge is 0.513 e. The molecule has 0 spiro atoms. The summed E-state index contributed by atoms with van der Waals surface area (Å²) in [5.74, 6) is -0.375. The van der Waals surface area contributed by atoms with Crippen LogP contribution in [0.15, 0.2) is 35.9 Å². The Labute approximate surface area is 80.8 Å². The van der Waals surface area contributed by atoms with Gasteiger partial charge in [0.15, 0.2) is 0 Å². The summed E-state index contributed by atoms with van der Waals surface area (Å²) in [5, 5.41) is 0. The van der Waals surface area contributed by atoms with E-state index in [2.05, 4.69) is 14.9 Å². The molecule has 0 aliphatic rings. The Hall–Kier alpha value is -1.35. The van der Waals surface area contributed by atoms with Crippen molar-refractivity contribution in [2.45, 2.75) is 6.92 Å². The first-order valence-corrected chi connectivity index (χ1v) is 4.26. The van der Waals surface area contributed by atoms with E-state index in [1.54, 1.807) is 13.0 Å². The molecule has 3 radical (unpaired) electrons. The fourth-order valence-corrected chi connectivity index (χ4v) is 1.10. The van der Waals surface area contributed by atoms with Crippen molar-refractivity contribution < 1.29 is 9.22 Å². The topological polar surface area (TPSA) is 26.3 Å². The van der Waals surface area contributed by atoms with Gasteiger partial charge in [0.2, 0.25) is 0 Å². The maximum Gasteiger partial charge on any atom is 0.345 e. The molecular formula is C10H9O2Si. The molecule has 65 valence electrons. The SMILES string of the molecule is C/C(=C\c1ccccc1)C(=O)O[Si]. The highest BCUT2D eigenvalue weighted by atomic mass is 28.2. The molecule has 1 aromatic carbocycles. The van der Waals surface area contributed by atoms with Crippen LogP contribution in [0.25, 0.3) is 6.08 Å². The molecule has 0 bridgehead atoms. The first-order valence-electron chi connectivity index (χ1n) is 3.85. The van der Waals surface area contributed by atoms with Gasteiger partial charge in [-0.1, -0.05) is 30.3 Å². The number of hydrogen-bond acceptors (Lipinski definition) is 2. The Morgan fingerprint density at radius 1 is 1.38 bits per heavy atom. The third-order valence-electron chi connectivity index (χ3n) is 1.60. The van der Waals surface area contributed by atoms with E-state index in [-0.39, 0.29) is 5.97 Å². The van der Waals surface area contributed by atoms with E-state index >= 15 is 0 Å². The molecule has 1 aromatic rings. The van der Waals surface area contributed by atoms with Gasteiger partial charge in [-0.2, -0.15) is 0 Å². The maximum absolute atomic E-state index is 11.0. The number of benzene rings is 1. The van der Waals surface area contributed by atoms with Crippen LogP contribution in [0.3, 0.4) is 0 Å². The Kier molecular flexibility index (Phi) is 3.46. The molecule has 0 aliphatic heterocycles. The summed E-state index contributed by atoms with van der Waals surface area (Å²) < 4.78 is 4.38. The predicted molar refractivity (Wildman–Crippen MR) is 51.9 cm³/mol. The van der Waals surface area contributed by atoms with Crippen LogP contribution in [0.5, 0.6) is 0 Å². The first kappa shape index (κ1) is 9.73. The van der Waals surface area contributed by atoms with Gasteiger partial charge >= 0.3 is 16.5 Å². The van der Waals surface area contributed by atoms with Crippen LogP contribution in [0.2, 0.25) is 0 Å². The third kappa shape index (κ3) is 2.87. The lowest BCUT2D eigenvalue weighted by atomic mass is 10.1. The second-order valence-electron chi connectivity index (χ2n) is 2.63. The van der Waals surface area contributed by atoms with E-state index in [1.165, 1.54) is 0 Å². The summed E-state index contributed by atoms with van der Waals surface area (Å²) in [6.07, 6.45) is 1.77. The lowest BCUT2D eigenvalue weighted by Gasteiger charge is -1.98. The smallest absolute Gasteiger partial charge is 0.345 e. The minimum atomic E-state index is -0.375. The zero-order valence-corrected chi connectivity index (χ0v) is 8.28. The average molecular weight is 189 g/mol. The van der Waals surface area contributed by atoms with Gasteiger partial charge in [-0.15, -0.1) is 0 Å². The normalized spacial score (nSPS) is 11.1. The molecule has 0 fully saturated rings. The number of carbonyl (C=O) groups is 1. The highest BCUT2D eigenvalue weighted by molar-refractivity contribution is 6.10. The van der Waals surface area contributed by atoms with Crippen LogP contribution in [-0.2, 0) is 9.22 Å². The van der Waals surface area contributed by atoms with Gasteiger partial charge in [0, 0.05) is 5.57 Å². The van der Waals surface area contributed by atoms with Gasteiger partial charge < -0.3 is 4.43 Å². The first-order chi connectivity index (χ1) is 6.24. The van der Waals surface area contributed by atoms with Gasteiger partial charge in [0.1, 0.15) is 0 Å². The molecule has 0 saturated heterocycles. The maximum atomic E-state index is 11.0. The molecule has 0 unspecified atom stereocenters. The van der Waals surface area contributed by atoms with Crippen molar-refractivity contribution in [3.63, 3.8) is 0 Å². The Morgan fingerprint density at radius 2 is 2.00 bits per heavy atom. The summed E-state index contributed by atoms with van der Waals surface area (Å²) in [6.45, 7) is 1.70. The molecule has 0 N–H and O–H groups in total. The summed E-state index contributed by atoms with van der Waals surface area (Å²) >= 11 is 0. The van der Waals surface area contributed by atoms with Crippen molar-refractivity contribution in [3.05, 3.63) is 41.5 Å². The van der Waals surface area contributed by atoms with Gasteiger partial charge in [-0.05, 0) is 18.6 Å². The zero-order chi connectivity index (χ0) is 9.68. The van der Waals surface area contributed by atoms with E-state index in [0.29, 0.717) is 5.57 Å². The van der Waals surface area contributed by atoms with E-state index in [9.17, 15) is 4.79 Å². The Morgan fingerprint density at radius 3 is 2.54 bits per heavy atom. The van der Waals surface area contributed by atoms with E-state index in [1.807, 2.05) is 30.3 Å². The van der Waals surface area contributed by atoms with E-state index in [4.69, 9.17) is 0 Å². The Balaban J connectivity index is 2.83. The van der Waals surface area contributed by atoms with Crippen molar-refractivity contribution in [1.29, 1.82) is 0 Å². The van der Waals surface area contributed by atoms with Crippen molar-refractivity contribution in [3.8, 4) is 0 Å². The molecule has 0 atom stereocenters. The summed E-state index contributed by atoms with van der Waals surface area (Å²) in [6, 6.07) is 9.60. The van der Waals surface area contributed by atoms with Crippen LogP contribution in [0, 0.1) is 0 Å². The van der Waals surface area contributed by atoms with Crippen molar-refractivity contribution in [2.75, 3.05) is 0 Å². The molecule has 0 heterocycles. The number of rotatable bonds is 2. The standard InChI is InChI=1S/C10H9O2Si/c1-8(10(11)12-13)7-9-5-3-2-4-6-9/h2-7H,1H3/b8-7+. The predicted octanol–water partition coefficient (Wildman–Crippen LogP) is 1.72. The van der Waals surface area contributed by atoms with Crippen LogP contribution in [-0.4, -0.2) is 16.5 Å². The van der Waals surface area contributed by atoms with Crippen molar-refractivity contribution >= 4 is 22.5 Å². The van der Waals surface area contributed by atoms with Gasteiger partial charge in [0.25, 0.3) is 0 Å². The van der Waals surface area contributed by atoms with Crippen molar-refractivity contribution in [1.82, 2.24) is 0 Å². The van der Waals surface area contributed by atoms with Gasteiger partial charge in [-0.3, -0.25) is 0 Å². The molecule has 0 amide bonds. The zero-order valence-electron chi connectivity index (χ0n) is 7.28. The third-order valence-corrected chi connectivity index (χ3v) is 1.78. The fraction of sp³-hybridized carbons (Fsp3) is 0.100. The molecule has 3 heteroatoms. The summed E-state index contributed by atoms with van der Waals surface area (Å²) in [4.78, 5) is 11.0. The molecule has 0 aliphatic carbocycles. The lowest BCUT2D eigenvalue weighted by Crippen LogP contribution is -2.01. The van der Waals surface area contributed by atoms with Gasteiger partial charge in [0.05, 0.1) is 0 Å². The van der Waals surface area contributed by atoms with E-state index in [0.717, 1.165) is 5.56 Å². The summed E-state index contributed by atoms with van der Waals surface area (Å²) in [5.41, 5.74) is 1.54. The van der Waals surface area contributed by atoms with Crippen molar-refractivity contribution in [2.24, 2.45) is 0 Å². The highest BCUT2D eigenvalue weighted by Crippen LogP contribution is 2.06. The van der Waals surface area contributed by atoms with Crippen LogP contribution in [0.4, 0.5) is 0 Å². The minimum Gasteiger partial charge on any atom is -0.513 e. The summed E-state index contributed by atoms with van der Waals surface area (Å²) in [7, 11) is 2.68. The fourth-order valence-electron chi connectivity index (χ4n) is 0.939. The minimum absolute atomic E-state index is 0.375. The molecule has 1 rings (SSSR count). The Bertz CT molecular complexity index is 317. The quantitative estimate of drug-likeness (QED) is 0.523. The molecule has 0 saturated carbocycles. The van der Waals surface area contributed by atoms with Crippen LogP contribution >= 0.6 is 0 Å². The second-order valence-corrected chi connectivity index (χ2v) is 2.83. The molecule has 13 heavy (non-hydrogen) atoms.